The van der Waals surface area contributed by atoms with E-state index < -0.39 is 23.9 Å². The molecular weight excluding hydrogens is 485 g/mol. The lowest BCUT2D eigenvalue weighted by molar-refractivity contribution is -0.146. The molecule has 3 aromatic rings. The highest BCUT2D eigenvalue weighted by atomic mass is 35.5. The van der Waals surface area contributed by atoms with Gasteiger partial charge in [0.05, 0.1) is 17.9 Å². The van der Waals surface area contributed by atoms with Crippen molar-refractivity contribution >= 4 is 17.5 Å². The molecular formula is C24H20ClF3N4O3. The van der Waals surface area contributed by atoms with Gasteiger partial charge in [-0.2, -0.15) is 18.3 Å². The number of amides is 1. The number of halogens is 4. The van der Waals surface area contributed by atoms with Crippen molar-refractivity contribution in [2.75, 3.05) is 0 Å². The number of aliphatic hydroxyl groups excluding tert-OH is 1. The fourth-order valence-corrected chi connectivity index (χ4v) is 5.76. The van der Waals surface area contributed by atoms with Crippen LogP contribution in [0.1, 0.15) is 48.5 Å². The van der Waals surface area contributed by atoms with E-state index in [0.29, 0.717) is 22.2 Å². The summed E-state index contributed by atoms with van der Waals surface area (Å²) >= 11 is 5.98. The highest BCUT2D eigenvalue weighted by Crippen LogP contribution is 2.67. The van der Waals surface area contributed by atoms with Crippen molar-refractivity contribution in [1.29, 1.82) is 0 Å². The zero-order valence-electron chi connectivity index (χ0n) is 18.2. The van der Waals surface area contributed by atoms with Crippen LogP contribution in [0.25, 0.3) is 5.82 Å². The molecule has 1 amide bonds. The highest BCUT2D eigenvalue weighted by Gasteiger charge is 2.69. The molecule has 0 saturated heterocycles. The van der Waals surface area contributed by atoms with E-state index in [0.717, 1.165) is 41.9 Å². The molecule has 2 aromatic heterocycles. The number of benzene rings is 1. The Morgan fingerprint density at radius 3 is 2.63 bits per heavy atom. The van der Waals surface area contributed by atoms with Crippen LogP contribution in [-0.4, -0.2) is 37.4 Å². The van der Waals surface area contributed by atoms with E-state index in [4.69, 9.17) is 16.3 Å². The summed E-state index contributed by atoms with van der Waals surface area (Å²) in [6, 6.07) is 8.45. The molecule has 3 saturated carbocycles. The van der Waals surface area contributed by atoms with Crippen LogP contribution >= 0.6 is 11.6 Å². The summed E-state index contributed by atoms with van der Waals surface area (Å²) in [6.07, 6.45) is -0.360. The molecule has 182 valence electrons. The largest absolute Gasteiger partial charge is 0.480 e. The molecule has 1 aliphatic heterocycles. The summed E-state index contributed by atoms with van der Waals surface area (Å²) in [5.41, 5.74) is 0.314. The second-order valence-electron chi connectivity index (χ2n) is 9.70. The first-order chi connectivity index (χ1) is 16.6. The van der Waals surface area contributed by atoms with Gasteiger partial charge in [-0.15, -0.1) is 0 Å². The van der Waals surface area contributed by atoms with Crippen molar-refractivity contribution in [3.05, 3.63) is 70.6 Å². The van der Waals surface area contributed by atoms with Gasteiger partial charge in [-0.1, -0.05) is 17.7 Å². The van der Waals surface area contributed by atoms with Crippen molar-refractivity contribution in [3.63, 3.8) is 0 Å². The highest BCUT2D eigenvalue weighted by molar-refractivity contribution is 6.30. The Labute approximate surface area is 202 Å². The standard InChI is InChI=1S/C24H20ClF3N4O3/c25-15-2-3-18-16(5-15)17(33)6-19(35-18)21(34)31-23-10-22(11-23,12-23)13-1-4-20(29-7-13)32-9-14(8-30-32)24(26,27)28/h1-5,7-9,17,19,33H,6,10-12H2,(H,31,34)/t17-,19-,22?,23?/m1/s1. The number of nitrogens with zero attached hydrogens (tertiary/aromatic N) is 3. The third-order valence-electron chi connectivity index (χ3n) is 7.25. The molecule has 7 rings (SSSR count). The van der Waals surface area contributed by atoms with Crippen molar-refractivity contribution in [2.24, 2.45) is 0 Å². The summed E-state index contributed by atoms with van der Waals surface area (Å²) in [5.74, 6) is 0.493. The number of carbonyl (C=O) groups excluding carboxylic acids is 1. The van der Waals surface area contributed by atoms with Crippen molar-refractivity contribution in [1.82, 2.24) is 20.1 Å². The molecule has 4 aliphatic rings. The second kappa shape index (κ2) is 7.44. The number of aliphatic hydroxyl groups is 1. The SMILES string of the molecule is O=C(NC12CC(c3ccc(-n4cc(C(F)(F)F)cn4)nc3)(C1)C2)[C@H]1C[C@@H](O)c2cc(Cl)ccc2O1. The van der Waals surface area contributed by atoms with E-state index >= 15 is 0 Å². The molecule has 3 fully saturated rings. The van der Waals surface area contributed by atoms with Crippen LogP contribution in [-0.2, 0) is 16.4 Å². The van der Waals surface area contributed by atoms with Gasteiger partial charge in [-0.25, -0.2) is 9.67 Å². The quantitative estimate of drug-likeness (QED) is 0.558. The molecule has 7 nitrogen and oxygen atoms in total. The van der Waals surface area contributed by atoms with Crippen LogP contribution in [0.4, 0.5) is 13.2 Å². The molecule has 0 radical (unpaired) electrons. The monoisotopic (exact) mass is 504 g/mol. The first kappa shape index (κ1) is 22.4. The zero-order valence-corrected chi connectivity index (χ0v) is 19.0. The maximum absolute atomic E-state index is 12.9. The van der Waals surface area contributed by atoms with Gasteiger partial charge in [0.15, 0.2) is 11.9 Å². The number of alkyl halides is 3. The maximum Gasteiger partial charge on any atom is 0.419 e. The normalized spacial score (nSPS) is 28.8. The van der Waals surface area contributed by atoms with Gasteiger partial charge < -0.3 is 15.2 Å². The fraction of sp³-hybridized carbons (Fsp3) is 0.375. The smallest absolute Gasteiger partial charge is 0.419 e. The number of fused-ring (bicyclic) bond motifs is 1. The molecule has 2 bridgehead atoms. The Balaban J connectivity index is 1.08. The van der Waals surface area contributed by atoms with Gasteiger partial charge in [0.2, 0.25) is 0 Å². The Morgan fingerprint density at radius 2 is 1.97 bits per heavy atom. The van der Waals surface area contributed by atoms with Gasteiger partial charge in [0.1, 0.15) is 5.75 Å². The van der Waals surface area contributed by atoms with Gasteiger partial charge in [0, 0.05) is 40.4 Å². The first-order valence-electron chi connectivity index (χ1n) is 11.1. The third kappa shape index (κ3) is 3.66. The molecule has 3 aliphatic carbocycles. The lowest BCUT2D eigenvalue weighted by Gasteiger charge is -2.71. The minimum atomic E-state index is -4.46. The fourth-order valence-electron chi connectivity index (χ4n) is 5.58. The number of pyridine rings is 1. The van der Waals surface area contributed by atoms with E-state index in [1.54, 1.807) is 30.5 Å². The number of carbonyl (C=O) groups is 1. The summed E-state index contributed by atoms with van der Waals surface area (Å²) in [6.45, 7) is 0. The van der Waals surface area contributed by atoms with Crippen LogP contribution < -0.4 is 10.1 Å². The predicted molar refractivity (Wildman–Crippen MR) is 118 cm³/mol. The van der Waals surface area contributed by atoms with E-state index in [9.17, 15) is 23.1 Å². The van der Waals surface area contributed by atoms with E-state index in [1.807, 2.05) is 6.07 Å². The van der Waals surface area contributed by atoms with E-state index in [-0.39, 0.29) is 23.3 Å². The average molecular weight is 505 g/mol. The lowest BCUT2D eigenvalue weighted by Crippen LogP contribution is -2.77. The number of hydrogen-bond donors (Lipinski definition) is 2. The van der Waals surface area contributed by atoms with Crippen LogP contribution in [0, 0.1) is 0 Å². The van der Waals surface area contributed by atoms with Gasteiger partial charge >= 0.3 is 6.18 Å². The minimum Gasteiger partial charge on any atom is -0.480 e. The van der Waals surface area contributed by atoms with Crippen LogP contribution in [0.15, 0.2) is 48.9 Å². The summed E-state index contributed by atoms with van der Waals surface area (Å²) < 4.78 is 45.4. The lowest BCUT2D eigenvalue weighted by atomic mass is 9.37. The second-order valence-corrected chi connectivity index (χ2v) is 10.1. The first-order valence-corrected chi connectivity index (χ1v) is 11.5. The van der Waals surface area contributed by atoms with Gasteiger partial charge in [-0.05, 0) is 49.1 Å². The summed E-state index contributed by atoms with van der Waals surface area (Å²) in [5, 5.41) is 17.8. The summed E-state index contributed by atoms with van der Waals surface area (Å²) in [7, 11) is 0. The minimum absolute atomic E-state index is 0.101. The number of aromatic nitrogens is 3. The van der Waals surface area contributed by atoms with Crippen LogP contribution in [0.2, 0.25) is 5.02 Å². The molecule has 2 atom stereocenters. The molecule has 3 heterocycles. The van der Waals surface area contributed by atoms with E-state index in [2.05, 4.69) is 15.4 Å². The van der Waals surface area contributed by atoms with Crippen molar-refractivity contribution in [3.8, 4) is 11.6 Å². The van der Waals surface area contributed by atoms with Crippen molar-refractivity contribution < 1.29 is 27.8 Å². The van der Waals surface area contributed by atoms with Crippen LogP contribution in [0.3, 0.4) is 0 Å². The maximum atomic E-state index is 12.9. The number of rotatable bonds is 4. The van der Waals surface area contributed by atoms with E-state index in [1.165, 1.54) is 0 Å². The van der Waals surface area contributed by atoms with Crippen LogP contribution in [0.5, 0.6) is 5.75 Å². The Morgan fingerprint density at radius 1 is 1.20 bits per heavy atom. The average Bonchev–Trinajstić information content (AvgIpc) is 3.26. The van der Waals surface area contributed by atoms with Gasteiger partial charge in [-0.3, -0.25) is 4.79 Å². The number of nitrogens with one attached hydrogen (secondary N) is 1. The Bertz CT molecular complexity index is 1300. The predicted octanol–water partition coefficient (Wildman–Crippen LogP) is 4.11. The zero-order chi connectivity index (χ0) is 24.6. The molecule has 1 aromatic carbocycles. The third-order valence-corrected chi connectivity index (χ3v) is 7.49. The topological polar surface area (TPSA) is 89.3 Å². The number of hydrogen-bond acceptors (Lipinski definition) is 5. The van der Waals surface area contributed by atoms with Crippen molar-refractivity contribution in [2.45, 2.75) is 55.0 Å². The molecule has 35 heavy (non-hydrogen) atoms. The van der Waals surface area contributed by atoms with Gasteiger partial charge in [0.25, 0.3) is 5.91 Å². The summed E-state index contributed by atoms with van der Waals surface area (Å²) in [4.78, 5) is 17.2. The Hall–Kier alpha value is -3.11. The number of ether oxygens (including phenoxy) is 1. The molecule has 2 N–H and O–H groups in total. The molecule has 11 heteroatoms. The Kier molecular flexibility index (Phi) is 4.76. The molecule has 0 spiro atoms. The molecule has 0 unspecified atom stereocenters.